The van der Waals surface area contributed by atoms with Crippen molar-refractivity contribution >= 4 is 48.1 Å². The van der Waals surface area contributed by atoms with Gasteiger partial charge < -0.3 is 43.2 Å². The standard InChI is InChI=1S/C18H28N8O7S/c19-9(3-8-5-22-7-23-8)15(29)24-10(1-2-13(20)27)16(30)25-11(4-14(21)28)17(31)26-12(6-34)18(32)33/h5,7,9-12,34H,1-4,6,19H2,(H2,20,27)(H2,21,28)(H,22,23)(H,24,29)(H,25,30)(H,26,31)(H,32,33). The number of nitrogens with zero attached hydrogens (tertiary/aromatic N) is 1. The van der Waals surface area contributed by atoms with Crippen molar-refractivity contribution < 1.29 is 33.9 Å². The number of carbonyl (C=O) groups excluding carboxylic acids is 5. The van der Waals surface area contributed by atoms with Gasteiger partial charge in [-0.3, -0.25) is 24.0 Å². The smallest absolute Gasteiger partial charge is 0.327 e. The molecule has 0 aromatic carbocycles. The number of carboxylic acid groups (broad SMARTS) is 1. The molecule has 5 amide bonds. The number of rotatable bonds is 15. The van der Waals surface area contributed by atoms with Crippen LogP contribution in [0.1, 0.15) is 25.0 Å². The molecule has 16 heteroatoms. The van der Waals surface area contributed by atoms with Crippen molar-refractivity contribution in [1.82, 2.24) is 25.9 Å². The minimum atomic E-state index is -1.56. The second-order valence-corrected chi connectivity index (χ2v) is 7.63. The van der Waals surface area contributed by atoms with Gasteiger partial charge in [0.2, 0.25) is 29.5 Å². The molecule has 1 aromatic rings. The largest absolute Gasteiger partial charge is 0.480 e. The molecule has 1 rings (SSSR count). The highest BCUT2D eigenvalue weighted by Crippen LogP contribution is 2.04. The average Bonchev–Trinajstić information content (AvgIpc) is 3.26. The number of hydrogen-bond donors (Lipinski definition) is 9. The summed E-state index contributed by atoms with van der Waals surface area (Å²) in [6.07, 6.45) is 1.75. The van der Waals surface area contributed by atoms with Crippen LogP contribution >= 0.6 is 12.6 Å². The summed E-state index contributed by atoms with van der Waals surface area (Å²) in [5.74, 6) is -6.05. The fourth-order valence-electron chi connectivity index (χ4n) is 2.70. The number of aromatic nitrogens is 2. The number of hydrogen-bond acceptors (Lipinski definition) is 9. The number of nitrogens with two attached hydrogens (primary N) is 3. The molecule has 188 valence electrons. The number of carbonyl (C=O) groups is 6. The van der Waals surface area contributed by atoms with E-state index >= 15 is 0 Å². The molecule has 4 unspecified atom stereocenters. The monoisotopic (exact) mass is 500 g/mol. The first-order valence-corrected chi connectivity index (χ1v) is 10.6. The maximum Gasteiger partial charge on any atom is 0.327 e. The lowest BCUT2D eigenvalue weighted by atomic mass is 10.1. The molecule has 0 saturated heterocycles. The Morgan fingerprint density at radius 1 is 0.971 bits per heavy atom. The van der Waals surface area contributed by atoms with Gasteiger partial charge in [0.1, 0.15) is 18.1 Å². The molecule has 4 atom stereocenters. The number of primary amides is 2. The minimum absolute atomic E-state index is 0.0724. The molecular formula is C18H28N8O7S. The van der Waals surface area contributed by atoms with Gasteiger partial charge in [-0.1, -0.05) is 0 Å². The van der Waals surface area contributed by atoms with Gasteiger partial charge >= 0.3 is 5.97 Å². The molecule has 0 radical (unpaired) electrons. The molecular weight excluding hydrogens is 472 g/mol. The Balaban J connectivity index is 2.95. The zero-order valence-electron chi connectivity index (χ0n) is 18.0. The summed E-state index contributed by atoms with van der Waals surface area (Å²) in [4.78, 5) is 78.1. The number of aromatic amines is 1. The Kier molecular flexibility index (Phi) is 11.5. The normalized spacial score (nSPS) is 14.2. The van der Waals surface area contributed by atoms with Gasteiger partial charge in [-0.05, 0) is 6.42 Å². The molecule has 11 N–H and O–H groups in total. The van der Waals surface area contributed by atoms with Crippen LogP contribution in [0.3, 0.4) is 0 Å². The van der Waals surface area contributed by atoms with Crippen molar-refractivity contribution in [1.29, 1.82) is 0 Å². The number of aliphatic carboxylic acids is 1. The third-order valence-corrected chi connectivity index (χ3v) is 4.84. The fraction of sp³-hybridized carbons (Fsp3) is 0.500. The summed E-state index contributed by atoms with van der Waals surface area (Å²) in [5, 5.41) is 15.8. The molecule has 0 fully saturated rings. The van der Waals surface area contributed by atoms with Gasteiger partial charge in [-0.25, -0.2) is 9.78 Å². The van der Waals surface area contributed by atoms with E-state index in [2.05, 4.69) is 38.5 Å². The van der Waals surface area contributed by atoms with E-state index in [1.165, 1.54) is 12.5 Å². The predicted molar refractivity (Wildman–Crippen MR) is 120 cm³/mol. The Morgan fingerprint density at radius 3 is 2.06 bits per heavy atom. The van der Waals surface area contributed by atoms with Gasteiger partial charge in [-0.15, -0.1) is 0 Å². The molecule has 0 saturated carbocycles. The topological polar surface area (TPSA) is 265 Å². The van der Waals surface area contributed by atoms with Crippen LogP contribution in [0, 0.1) is 0 Å². The lowest BCUT2D eigenvalue weighted by Crippen LogP contribution is -2.58. The van der Waals surface area contributed by atoms with Gasteiger partial charge in [0.05, 0.1) is 18.8 Å². The van der Waals surface area contributed by atoms with Crippen molar-refractivity contribution in [3.63, 3.8) is 0 Å². The zero-order chi connectivity index (χ0) is 25.8. The van der Waals surface area contributed by atoms with Crippen LogP contribution in [0.2, 0.25) is 0 Å². The third kappa shape index (κ3) is 9.86. The molecule has 15 nitrogen and oxygen atoms in total. The van der Waals surface area contributed by atoms with Crippen LogP contribution in [0.25, 0.3) is 0 Å². The Bertz CT molecular complexity index is 895. The summed E-state index contributed by atoms with van der Waals surface area (Å²) in [6, 6.07) is -5.38. The number of amides is 5. The number of carboxylic acids is 1. The highest BCUT2D eigenvalue weighted by molar-refractivity contribution is 7.80. The molecule has 0 bridgehead atoms. The van der Waals surface area contributed by atoms with E-state index in [9.17, 15) is 28.8 Å². The molecule has 0 aliphatic heterocycles. The minimum Gasteiger partial charge on any atom is -0.480 e. The number of H-pyrrole nitrogens is 1. The Morgan fingerprint density at radius 2 is 1.56 bits per heavy atom. The van der Waals surface area contributed by atoms with E-state index < -0.39 is 66.1 Å². The van der Waals surface area contributed by atoms with Crippen molar-refractivity contribution in [2.45, 2.75) is 49.9 Å². The molecule has 0 spiro atoms. The van der Waals surface area contributed by atoms with Crippen molar-refractivity contribution in [3.05, 3.63) is 18.2 Å². The highest BCUT2D eigenvalue weighted by Gasteiger charge is 2.31. The first kappa shape index (κ1) is 28.4. The summed E-state index contributed by atoms with van der Waals surface area (Å²) in [5.41, 5.74) is 16.7. The second-order valence-electron chi connectivity index (χ2n) is 7.27. The number of thiol groups is 1. The van der Waals surface area contributed by atoms with E-state index in [1.807, 2.05) is 0 Å². The van der Waals surface area contributed by atoms with Crippen molar-refractivity contribution in [2.24, 2.45) is 17.2 Å². The zero-order valence-corrected chi connectivity index (χ0v) is 18.9. The van der Waals surface area contributed by atoms with Crippen molar-refractivity contribution in [2.75, 3.05) is 5.75 Å². The maximum absolute atomic E-state index is 12.8. The van der Waals surface area contributed by atoms with Crippen LogP contribution in [0.15, 0.2) is 12.5 Å². The van der Waals surface area contributed by atoms with E-state index in [1.54, 1.807) is 0 Å². The van der Waals surface area contributed by atoms with Gasteiger partial charge in [-0.2, -0.15) is 12.6 Å². The molecule has 0 aliphatic rings. The van der Waals surface area contributed by atoms with Crippen LogP contribution in [0.4, 0.5) is 0 Å². The lowest BCUT2D eigenvalue weighted by Gasteiger charge is -2.24. The first-order valence-electron chi connectivity index (χ1n) is 9.98. The molecule has 0 aliphatic carbocycles. The second kappa shape index (κ2) is 13.8. The van der Waals surface area contributed by atoms with Crippen molar-refractivity contribution in [3.8, 4) is 0 Å². The van der Waals surface area contributed by atoms with Gasteiger partial charge in [0.25, 0.3) is 0 Å². The number of nitrogens with one attached hydrogen (secondary N) is 4. The first-order chi connectivity index (χ1) is 15.9. The molecule has 1 heterocycles. The molecule has 34 heavy (non-hydrogen) atoms. The predicted octanol–water partition coefficient (Wildman–Crippen LogP) is -4.11. The summed E-state index contributed by atoms with van der Waals surface area (Å²) >= 11 is 3.82. The van der Waals surface area contributed by atoms with Crippen LogP contribution < -0.4 is 33.2 Å². The molecule has 1 aromatic heterocycles. The van der Waals surface area contributed by atoms with Crippen LogP contribution in [0.5, 0.6) is 0 Å². The summed E-state index contributed by atoms with van der Waals surface area (Å²) < 4.78 is 0. The lowest BCUT2D eigenvalue weighted by molar-refractivity contribution is -0.141. The highest BCUT2D eigenvalue weighted by atomic mass is 32.1. The van der Waals surface area contributed by atoms with Crippen LogP contribution in [-0.2, 0) is 35.2 Å². The van der Waals surface area contributed by atoms with E-state index in [4.69, 9.17) is 22.3 Å². The number of imidazole rings is 1. The van der Waals surface area contributed by atoms with Gasteiger partial charge in [0.15, 0.2) is 0 Å². The Hall–Kier alpha value is -3.66. The van der Waals surface area contributed by atoms with E-state index in [-0.39, 0.29) is 25.0 Å². The van der Waals surface area contributed by atoms with E-state index in [0.717, 1.165) is 0 Å². The van der Waals surface area contributed by atoms with Gasteiger partial charge in [0, 0.05) is 30.5 Å². The average molecular weight is 501 g/mol. The third-order valence-electron chi connectivity index (χ3n) is 4.48. The Labute approximate surface area is 199 Å². The summed E-state index contributed by atoms with van der Waals surface area (Å²) in [7, 11) is 0. The summed E-state index contributed by atoms with van der Waals surface area (Å²) in [6.45, 7) is 0. The van der Waals surface area contributed by atoms with Crippen LogP contribution in [-0.4, -0.2) is 80.5 Å². The maximum atomic E-state index is 12.8. The quantitative estimate of drug-likeness (QED) is 0.106. The fourth-order valence-corrected chi connectivity index (χ4v) is 2.95. The SMILES string of the molecule is NC(=O)CCC(NC(=O)C(N)Cc1cnc[nH]1)C(=O)NC(CC(N)=O)C(=O)NC(CS)C(=O)O. The van der Waals surface area contributed by atoms with E-state index in [0.29, 0.717) is 5.69 Å².